The van der Waals surface area contributed by atoms with Crippen LogP contribution in [0.1, 0.15) is 60.8 Å². The lowest BCUT2D eigenvalue weighted by atomic mass is 9.74. The van der Waals surface area contributed by atoms with Crippen LogP contribution in [0.25, 0.3) is 0 Å². The van der Waals surface area contributed by atoms with Gasteiger partial charge in [0.2, 0.25) is 0 Å². The zero-order chi connectivity index (χ0) is 11.4. The second kappa shape index (κ2) is 5.53. The summed E-state index contributed by atoms with van der Waals surface area (Å²) in [6.45, 7) is 12.6. The molecule has 0 aliphatic rings. The molecule has 84 valence electrons. The van der Waals surface area contributed by atoms with Crippen LogP contribution >= 0.6 is 0 Å². The summed E-state index contributed by atoms with van der Waals surface area (Å²) >= 11 is 0. The van der Waals surface area contributed by atoms with Crippen LogP contribution in [0.15, 0.2) is 0 Å². The van der Waals surface area contributed by atoms with Gasteiger partial charge in [0.1, 0.15) is 5.78 Å². The van der Waals surface area contributed by atoms with Gasteiger partial charge in [0.25, 0.3) is 0 Å². The highest BCUT2D eigenvalue weighted by Gasteiger charge is 2.32. The van der Waals surface area contributed by atoms with Crippen LogP contribution in [0.5, 0.6) is 0 Å². The van der Waals surface area contributed by atoms with E-state index in [-0.39, 0.29) is 11.3 Å². The van der Waals surface area contributed by atoms with Crippen LogP contribution in [-0.4, -0.2) is 5.78 Å². The Morgan fingerprint density at radius 2 is 1.43 bits per heavy atom. The molecule has 0 saturated heterocycles. The number of hydrogen-bond acceptors (Lipinski definition) is 1. The second-order valence-corrected chi connectivity index (χ2v) is 5.21. The van der Waals surface area contributed by atoms with Gasteiger partial charge >= 0.3 is 0 Å². The summed E-state index contributed by atoms with van der Waals surface area (Å²) in [6, 6.07) is 0. The molecule has 0 N–H and O–H groups in total. The highest BCUT2D eigenvalue weighted by atomic mass is 16.1. The van der Waals surface area contributed by atoms with Crippen molar-refractivity contribution >= 4 is 5.78 Å². The molecule has 0 spiro atoms. The van der Waals surface area contributed by atoms with E-state index in [0.717, 1.165) is 19.3 Å². The molecule has 1 nitrogen and oxygen atoms in total. The SMILES string of the molecule is CCC(CC)C(CC)C(=O)C(C)(C)C. The third kappa shape index (κ3) is 3.43. The molecule has 0 saturated carbocycles. The molecule has 0 aliphatic carbocycles. The number of carbonyl (C=O) groups is 1. The zero-order valence-corrected chi connectivity index (χ0v) is 10.7. The van der Waals surface area contributed by atoms with Crippen molar-refractivity contribution in [3.05, 3.63) is 0 Å². The standard InChI is InChI=1S/C13H26O/c1-7-10(8-2)11(9-3)12(14)13(4,5)6/h10-11H,7-9H2,1-6H3. The van der Waals surface area contributed by atoms with E-state index < -0.39 is 0 Å². The Bertz CT molecular complexity index is 172. The van der Waals surface area contributed by atoms with Crippen molar-refractivity contribution < 1.29 is 4.79 Å². The van der Waals surface area contributed by atoms with Crippen molar-refractivity contribution in [1.29, 1.82) is 0 Å². The average Bonchev–Trinajstić information content (AvgIpc) is 2.11. The van der Waals surface area contributed by atoms with Crippen LogP contribution in [0.3, 0.4) is 0 Å². The van der Waals surface area contributed by atoms with Crippen molar-refractivity contribution in [3.63, 3.8) is 0 Å². The van der Waals surface area contributed by atoms with Crippen LogP contribution in [-0.2, 0) is 4.79 Å². The molecule has 0 bridgehead atoms. The van der Waals surface area contributed by atoms with E-state index in [1.165, 1.54) is 0 Å². The van der Waals surface area contributed by atoms with Gasteiger partial charge in [0.15, 0.2) is 0 Å². The lowest BCUT2D eigenvalue weighted by molar-refractivity contribution is -0.132. The normalized spacial score (nSPS) is 14.5. The Morgan fingerprint density at radius 1 is 1.00 bits per heavy atom. The Hall–Kier alpha value is -0.330. The molecular weight excluding hydrogens is 172 g/mol. The Balaban J connectivity index is 4.63. The fraction of sp³-hybridized carbons (Fsp3) is 0.923. The van der Waals surface area contributed by atoms with Crippen LogP contribution in [0.2, 0.25) is 0 Å². The van der Waals surface area contributed by atoms with Crippen molar-refractivity contribution in [2.24, 2.45) is 17.3 Å². The van der Waals surface area contributed by atoms with Crippen LogP contribution < -0.4 is 0 Å². The number of carbonyl (C=O) groups excluding carboxylic acids is 1. The molecule has 1 unspecified atom stereocenters. The van der Waals surface area contributed by atoms with Gasteiger partial charge < -0.3 is 0 Å². The first kappa shape index (κ1) is 13.7. The fourth-order valence-corrected chi connectivity index (χ4v) is 2.15. The maximum absolute atomic E-state index is 12.2. The summed E-state index contributed by atoms with van der Waals surface area (Å²) in [6.07, 6.45) is 3.23. The van der Waals surface area contributed by atoms with Crippen LogP contribution in [0, 0.1) is 17.3 Å². The van der Waals surface area contributed by atoms with Crippen LogP contribution in [0.4, 0.5) is 0 Å². The third-order valence-electron chi connectivity index (χ3n) is 3.13. The summed E-state index contributed by atoms with van der Waals surface area (Å²) < 4.78 is 0. The molecule has 1 atom stereocenters. The van der Waals surface area contributed by atoms with Gasteiger partial charge in [-0.15, -0.1) is 0 Å². The summed E-state index contributed by atoms with van der Waals surface area (Å²) in [7, 11) is 0. The molecule has 0 aromatic rings. The molecule has 0 radical (unpaired) electrons. The monoisotopic (exact) mass is 198 g/mol. The second-order valence-electron chi connectivity index (χ2n) is 5.21. The van der Waals surface area contributed by atoms with Gasteiger partial charge in [-0.1, -0.05) is 54.4 Å². The first-order valence-electron chi connectivity index (χ1n) is 5.92. The first-order chi connectivity index (χ1) is 6.38. The summed E-state index contributed by atoms with van der Waals surface area (Å²) in [5.74, 6) is 1.28. The molecular formula is C13H26O. The van der Waals surface area contributed by atoms with Gasteiger partial charge in [-0.25, -0.2) is 0 Å². The summed E-state index contributed by atoms with van der Waals surface area (Å²) in [5.41, 5.74) is -0.177. The summed E-state index contributed by atoms with van der Waals surface area (Å²) in [4.78, 5) is 12.2. The molecule has 1 heteroatoms. The van der Waals surface area contributed by atoms with E-state index in [1.54, 1.807) is 0 Å². The van der Waals surface area contributed by atoms with E-state index >= 15 is 0 Å². The third-order valence-corrected chi connectivity index (χ3v) is 3.13. The van der Waals surface area contributed by atoms with E-state index in [4.69, 9.17) is 0 Å². The average molecular weight is 198 g/mol. The molecule has 0 heterocycles. The smallest absolute Gasteiger partial charge is 0.141 e. The van der Waals surface area contributed by atoms with Gasteiger partial charge in [-0.2, -0.15) is 0 Å². The highest BCUT2D eigenvalue weighted by molar-refractivity contribution is 5.86. The first-order valence-corrected chi connectivity index (χ1v) is 5.92. The molecule has 0 fully saturated rings. The minimum absolute atomic E-state index is 0.177. The molecule has 0 amide bonds. The molecule has 0 aromatic carbocycles. The van der Waals surface area contributed by atoms with Crippen molar-refractivity contribution in [1.82, 2.24) is 0 Å². The van der Waals surface area contributed by atoms with Crippen molar-refractivity contribution in [2.75, 3.05) is 0 Å². The minimum Gasteiger partial charge on any atom is -0.299 e. The van der Waals surface area contributed by atoms with Crippen molar-refractivity contribution in [3.8, 4) is 0 Å². The molecule has 0 rings (SSSR count). The number of Topliss-reactive ketones (excluding diaryl/α,β-unsaturated/α-hetero) is 1. The van der Waals surface area contributed by atoms with E-state index in [9.17, 15) is 4.79 Å². The molecule has 14 heavy (non-hydrogen) atoms. The maximum atomic E-state index is 12.2. The Kier molecular flexibility index (Phi) is 5.40. The molecule has 0 aliphatic heterocycles. The highest BCUT2D eigenvalue weighted by Crippen LogP contribution is 2.30. The quantitative estimate of drug-likeness (QED) is 0.651. The van der Waals surface area contributed by atoms with Crippen molar-refractivity contribution in [2.45, 2.75) is 60.8 Å². The van der Waals surface area contributed by atoms with Gasteiger partial charge in [0, 0.05) is 11.3 Å². The topological polar surface area (TPSA) is 17.1 Å². The molecule has 0 aromatic heterocycles. The lowest BCUT2D eigenvalue weighted by Gasteiger charge is -2.29. The van der Waals surface area contributed by atoms with Gasteiger partial charge in [-0.05, 0) is 12.3 Å². The Morgan fingerprint density at radius 3 is 1.64 bits per heavy atom. The van der Waals surface area contributed by atoms with E-state index in [1.807, 2.05) is 20.8 Å². The van der Waals surface area contributed by atoms with Gasteiger partial charge in [0.05, 0.1) is 0 Å². The lowest BCUT2D eigenvalue weighted by Crippen LogP contribution is -2.32. The van der Waals surface area contributed by atoms with Gasteiger partial charge in [-0.3, -0.25) is 4.79 Å². The zero-order valence-electron chi connectivity index (χ0n) is 10.7. The number of rotatable bonds is 5. The predicted molar refractivity (Wildman–Crippen MR) is 62.3 cm³/mol. The largest absolute Gasteiger partial charge is 0.299 e. The Labute approximate surface area is 89.3 Å². The van der Waals surface area contributed by atoms with E-state index in [2.05, 4.69) is 20.8 Å². The number of ketones is 1. The maximum Gasteiger partial charge on any atom is 0.141 e. The minimum atomic E-state index is -0.177. The summed E-state index contributed by atoms with van der Waals surface area (Å²) in [5, 5.41) is 0. The fourth-order valence-electron chi connectivity index (χ4n) is 2.15. The predicted octanol–water partition coefficient (Wildman–Crippen LogP) is 4.06. The van der Waals surface area contributed by atoms with E-state index in [0.29, 0.717) is 11.7 Å². The number of hydrogen-bond donors (Lipinski definition) is 0.